The second-order valence-electron chi connectivity index (χ2n) is 11.1. The number of carbonyl (C=O) groups is 1. The first-order valence-electron chi connectivity index (χ1n) is 11.1. The zero-order valence-corrected chi connectivity index (χ0v) is 20.2. The summed E-state index contributed by atoms with van der Waals surface area (Å²) < 4.78 is 7.02. The van der Waals surface area contributed by atoms with Crippen LogP contribution in [0.4, 0.5) is 0 Å². The minimum Gasteiger partial charge on any atom is -0.410 e. The first kappa shape index (κ1) is 21.7. The third-order valence-corrected chi connectivity index (χ3v) is 12.2. The number of carbonyl (C=O) groups excluding carboxylic acids is 1. The summed E-state index contributed by atoms with van der Waals surface area (Å²) >= 11 is 0. The van der Waals surface area contributed by atoms with E-state index in [0.29, 0.717) is 5.41 Å². The fraction of sp³-hybridized carbons (Fsp3) is 0.750. The smallest absolute Gasteiger partial charge is 0.192 e. The van der Waals surface area contributed by atoms with Crippen LogP contribution in [0.3, 0.4) is 0 Å². The summed E-state index contributed by atoms with van der Waals surface area (Å²) in [5, 5.41) is 0.167. The third-order valence-electron chi connectivity index (χ3n) is 7.71. The SMILES string of the molecule is Cc1c(C=O)c(C(C)C)nc2c1C(O[Si](C)(C)C(C)(C)C)CC1(CCCC1)C2. The van der Waals surface area contributed by atoms with Crippen LogP contribution in [-0.4, -0.2) is 19.6 Å². The van der Waals surface area contributed by atoms with Crippen molar-refractivity contribution in [2.45, 2.75) is 110 Å². The fourth-order valence-corrected chi connectivity index (χ4v) is 6.30. The van der Waals surface area contributed by atoms with E-state index >= 15 is 0 Å². The Morgan fingerprint density at radius 2 is 1.82 bits per heavy atom. The average molecular weight is 402 g/mol. The number of hydrogen-bond acceptors (Lipinski definition) is 3. The van der Waals surface area contributed by atoms with Crippen LogP contribution in [0, 0.1) is 12.3 Å². The van der Waals surface area contributed by atoms with E-state index in [1.165, 1.54) is 36.9 Å². The van der Waals surface area contributed by atoms with Crippen LogP contribution in [-0.2, 0) is 10.8 Å². The van der Waals surface area contributed by atoms with Crippen LogP contribution >= 0.6 is 0 Å². The van der Waals surface area contributed by atoms with Crippen molar-refractivity contribution in [2.24, 2.45) is 5.41 Å². The standard InChI is InChI=1S/C24H39NO2Si/c1-16(2)22-18(15-26)17(3)21-19(25-22)13-24(11-9-10-12-24)14-20(21)27-28(7,8)23(4,5)6/h15-16,20H,9-14H2,1-8H3. The van der Waals surface area contributed by atoms with Gasteiger partial charge in [0.05, 0.1) is 11.8 Å². The molecule has 4 heteroatoms. The van der Waals surface area contributed by atoms with Gasteiger partial charge in [-0.15, -0.1) is 0 Å². The fourth-order valence-electron chi connectivity index (χ4n) is 5.03. The molecule has 0 bridgehead atoms. The van der Waals surface area contributed by atoms with Gasteiger partial charge in [-0.05, 0) is 67.6 Å². The molecule has 1 aromatic heterocycles. The lowest BCUT2D eigenvalue weighted by molar-refractivity contribution is 0.0886. The Bertz CT molecular complexity index is 755. The summed E-state index contributed by atoms with van der Waals surface area (Å²) in [6, 6.07) is 0. The molecule has 3 nitrogen and oxygen atoms in total. The number of nitrogens with zero attached hydrogens (tertiary/aromatic N) is 1. The Balaban J connectivity index is 2.15. The van der Waals surface area contributed by atoms with Crippen LogP contribution in [0.2, 0.25) is 18.1 Å². The van der Waals surface area contributed by atoms with Gasteiger partial charge in [0.25, 0.3) is 0 Å². The van der Waals surface area contributed by atoms with Crippen molar-refractivity contribution < 1.29 is 9.22 Å². The maximum absolute atomic E-state index is 12.0. The van der Waals surface area contributed by atoms with Gasteiger partial charge in [-0.25, -0.2) is 0 Å². The molecule has 1 fully saturated rings. The van der Waals surface area contributed by atoms with E-state index in [2.05, 4.69) is 54.6 Å². The first-order chi connectivity index (χ1) is 12.9. The Kier molecular flexibility index (Phi) is 5.70. The second kappa shape index (κ2) is 7.35. The highest BCUT2D eigenvalue weighted by Crippen LogP contribution is 2.54. The van der Waals surface area contributed by atoms with Crippen LogP contribution in [0.15, 0.2) is 0 Å². The molecule has 0 amide bonds. The van der Waals surface area contributed by atoms with Gasteiger partial charge in [0.1, 0.15) is 0 Å². The van der Waals surface area contributed by atoms with E-state index < -0.39 is 8.32 Å². The first-order valence-corrected chi connectivity index (χ1v) is 14.0. The lowest BCUT2D eigenvalue weighted by Gasteiger charge is -2.45. The number of fused-ring (bicyclic) bond motifs is 1. The van der Waals surface area contributed by atoms with Crippen molar-refractivity contribution >= 4 is 14.6 Å². The van der Waals surface area contributed by atoms with E-state index in [-0.39, 0.29) is 17.1 Å². The summed E-state index contributed by atoms with van der Waals surface area (Å²) in [5.74, 6) is 0.255. The van der Waals surface area contributed by atoms with Gasteiger partial charge >= 0.3 is 0 Å². The van der Waals surface area contributed by atoms with E-state index in [4.69, 9.17) is 9.41 Å². The van der Waals surface area contributed by atoms with Gasteiger partial charge in [-0.1, -0.05) is 47.5 Å². The lowest BCUT2D eigenvalue weighted by Crippen LogP contribution is -2.44. The molecule has 2 aliphatic carbocycles. The molecule has 3 rings (SSSR count). The van der Waals surface area contributed by atoms with Gasteiger partial charge in [0, 0.05) is 16.8 Å². The Labute approximate surface area is 172 Å². The number of rotatable bonds is 4. The molecule has 1 atom stereocenters. The van der Waals surface area contributed by atoms with E-state index in [0.717, 1.165) is 35.9 Å². The molecule has 1 heterocycles. The minimum atomic E-state index is -1.93. The molecule has 0 saturated heterocycles. The Hall–Kier alpha value is -1.00. The van der Waals surface area contributed by atoms with Crippen molar-refractivity contribution in [3.05, 3.63) is 28.1 Å². The molecule has 0 aliphatic heterocycles. The maximum atomic E-state index is 12.0. The molecular weight excluding hydrogens is 362 g/mol. The molecule has 1 unspecified atom stereocenters. The molecule has 0 aromatic carbocycles. The van der Waals surface area contributed by atoms with Crippen molar-refractivity contribution in [3.8, 4) is 0 Å². The third kappa shape index (κ3) is 3.75. The molecule has 2 aliphatic rings. The summed E-state index contributed by atoms with van der Waals surface area (Å²) in [4.78, 5) is 17.1. The molecule has 1 spiro atoms. The lowest BCUT2D eigenvalue weighted by atomic mass is 9.69. The molecule has 0 N–H and O–H groups in total. The van der Waals surface area contributed by atoms with Gasteiger partial charge in [0.2, 0.25) is 0 Å². The van der Waals surface area contributed by atoms with Crippen LogP contribution in [0.5, 0.6) is 0 Å². The quantitative estimate of drug-likeness (QED) is 0.407. The highest BCUT2D eigenvalue weighted by atomic mass is 28.4. The van der Waals surface area contributed by atoms with Crippen molar-refractivity contribution in [1.29, 1.82) is 0 Å². The normalized spacial score (nSPS) is 22.0. The molecular formula is C24H39NO2Si. The summed E-state index contributed by atoms with van der Waals surface area (Å²) in [6.45, 7) is 18.0. The number of hydrogen-bond donors (Lipinski definition) is 0. The van der Waals surface area contributed by atoms with E-state index in [9.17, 15) is 4.79 Å². The number of aromatic nitrogens is 1. The van der Waals surface area contributed by atoms with Crippen molar-refractivity contribution in [3.63, 3.8) is 0 Å². The van der Waals surface area contributed by atoms with Crippen LogP contribution in [0.25, 0.3) is 0 Å². The van der Waals surface area contributed by atoms with E-state index in [1.54, 1.807) is 0 Å². The molecule has 0 radical (unpaired) electrons. The largest absolute Gasteiger partial charge is 0.410 e. The summed E-state index contributed by atoms with van der Waals surface area (Å²) in [7, 11) is -1.93. The maximum Gasteiger partial charge on any atom is 0.192 e. The molecule has 1 aromatic rings. The molecule has 28 heavy (non-hydrogen) atoms. The monoisotopic (exact) mass is 401 g/mol. The summed E-state index contributed by atoms with van der Waals surface area (Å²) in [5.41, 5.74) is 5.65. The zero-order chi connectivity index (χ0) is 20.9. The topological polar surface area (TPSA) is 39.2 Å². The molecule has 156 valence electrons. The van der Waals surface area contributed by atoms with Crippen LogP contribution in [0.1, 0.15) is 112 Å². The highest BCUT2D eigenvalue weighted by molar-refractivity contribution is 6.74. The van der Waals surface area contributed by atoms with E-state index in [1.807, 2.05) is 0 Å². The molecule has 1 saturated carbocycles. The summed E-state index contributed by atoms with van der Waals surface area (Å²) in [6.07, 6.45) is 8.47. The Morgan fingerprint density at radius 3 is 2.32 bits per heavy atom. The second-order valence-corrected chi connectivity index (χ2v) is 15.9. The number of pyridine rings is 1. The van der Waals surface area contributed by atoms with Gasteiger partial charge in [-0.3, -0.25) is 9.78 Å². The highest BCUT2D eigenvalue weighted by Gasteiger charge is 2.47. The van der Waals surface area contributed by atoms with Gasteiger partial charge in [0.15, 0.2) is 14.6 Å². The average Bonchev–Trinajstić information content (AvgIpc) is 3.00. The Morgan fingerprint density at radius 1 is 1.21 bits per heavy atom. The minimum absolute atomic E-state index is 0.0788. The zero-order valence-electron chi connectivity index (χ0n) is 19.2. The number of aldehydes is 1. The van der Waals surface area contributed by atoms with Gasteiger partial charge < -0.3 is 4.43 Å². The van der Waals surface area contributed by atoms with Gasteiger partial charge in [-0.2, -0.15) is 0 Å². The van der Waals surface area contributed by atoms with Crippen molar-refractivity contribution in [2.75, 3.05) is 0 Å². The predicted molar refractivity (Wildman–Crippen MR) is 119 cm³/mol. The predicted octanol–water partition coefficient (Wildman–Crippen LogP) is 6.90. The van der Waals surface area contributed by atoms with Crippen LogP contribution < -0.4 is 0 Å². The van der Waals surface area contributed by atoms with Crippen molar-refractivity contribution in [1.82, 2.24) is 4.98 Å².